The Balaban J connectivity index is 2.54. The molecule has 0 aromatic carbocycles. The van der Waals surface area contributed by atoms with E-state index < -0.39 is 0 Å². The molecular weight excluding hydrogens is 199 g/mol. The van der Waals surface area contributed by atoms with Crippen molar-refractivity contribution in [3.63, 3.8) is 0 Å². The Hall–Kier alpha value is -0.540. The molecule has 1 heterocycles. The van der Waals surface area contributed by atoms with Crippen LogP contribution in [-0.4, -0.2) is 15.8 Å². The third-order valence-electron chi connectivity index (χ3n) is 1.88. The first-order valence-electron chi connectivity index (χ1n) is 3.62. The van der Waals surface area contributed by atoms with Gasteiger partial charge >= 0.3 is 0 Å². The Morgan fingerprint density at radius 2 is 2.17 bits per heavy atom. The van der Waals surface area contributed by atoms with Crippen LogP contribution < -0.4 is 0 Å². The van der Waals surface area contributed by atoms with Crippen molar-refractivity contribution in [2.45, 2.75) is 18.9 Å². The summed E-state index contributed by atoms with van der Waals surface area (Å²) in [6.45, 7) is 0. The van der Waals surface area contributed by atoms with E-state index in [0.717, 1.165) is 12.8 Å². The van der Waals surface area contributed by atoms with Crippen molar-refractivity contribution in [2.24, 2.45) is 0 Å². The zero-order chi connectivity index (χ0) is 8.72. The van der Waals surface area contributed by atoms with Crippen molar-refractivity contribution in [3.8, 4) is 0 Å². The maximum absolute atomic E-state index is 10.6. The van der Waals surface area contributed by atoms with Crippen LogP contribution in [0.25, 0.3) is 0 Å². The van der Waals surface area contributed by atoms with Crippen LogP contribution in [0.15, 0.2) is 0 Å². The summed E-state index contributed by atoms with van der Waals surface area (Å²) in [5, 5.41) is 0.506. The van der Waals surface area contributed by atoms with Crippen molar-refractivity contribution >= 4 is 29.5 Å². The van der Waals surface area contributed by atoms with Gasteiger partial charge < -0.3 is 4.57 Å². The van der Waals surface area contributed by atoms with Crippen LogP contribution in [0.5, 0.6) is 0 Å². The lowest BCUT2D eigenvalue weighted by atomic mass is 10.5. The average Bonchev–Trinajstić information content (AvgIpc) is 2.78. The number of aromatic nitrogens is 2. The number of carbonyl (C=O) groups excluding carboxylic acids is 1. The number of halogens is 2. The van der Waals surface area contributed by atoms with Crippen molar-refractivity contribution in [2.75, 3.05) is 0 Å². The number of hydrogen-bond donors (Lipinski definition) is 0. The molecule has 0 saturated heterocycles. The monoisotopic (exact) mass is 204 g/mol. The van der Waals surface area contributed by atoms with E-state index in [9.17, 15) is 4.79 Å². The molecule has 1 aliphatic carbocycles. The Kier molecular flexibility index (Phi) is 1.85. The second kappa shape index (κ2) is 2.75. The summed E-state index contributed by atoms with van der Waals surface area (Å²) in [5.41, 5.74) is 0.393. The second-order valence-corrected chi connectivity index (χ2v) is 3.47. The zero-order valence-corrected chi connectivity index (χ0v) is 7.64. The SMILES string of the molecule is O=Cc1c(Cl)nc(Cl)n1C1CC1. The molecule has 0 aliphatic heterocycles. The van der Waals surface area contributed by atoms with Gasteiger partial charge in [-0.3, -0.25) is 4.79 Å². The molecule has 1 aromatic rings. The lowest BCUT2D eigenvalue weighted by Gasteiger charge is -2.00. The van der Waals surface area contributed by atoms with Gasteiger partial charge in [0.25, 0.3) is 0 Å². The minimum absolute atomic E-state index is 0.196. The summed E-state index contributed by atoms with van der Waals surface area (Å²) >= 11 is 11.4. The van der Waals surface area contributed by atoms with Gasteiger partial charge in [-0.2, -0.15) is 0 Å². The summed E-state index contributed by atoms with van der Waals surface area (Å²) in [7, 11) is 0. The van der Waals surface area contributed by atoms with Gasteiger partial charge in [0.15, 0.2) is 11.4 Å². The largest absolute Gasteiger partial charge is 0.308 e. The lowest BCUT2D eigenvalue weighted by Crippen LogP contribution is -1.99. The molecule has 0 atom stereocenters. The first kappa shape index (κ1) is 8.08. The molecule has 3 nitrogen and oxygen atoms in total. The molecule has 0 spiro atoms. The number of hydrogen-bond acceptors (Lipinski definition) is 2. The zero-order valence-electron chi connectivity index (χ0n) is 6.13. The third-order valence-corrected chi connectivity index (χ3v) is 2.43. The molecule has 1 fully saturated rings. The second-order valence-electron chi connectivity index (χ2n) is 2.78. The van der Waals surface area contributed by atoms with E-state index in [1.54, 1.807) is 4.57 Å². The van der Waals surface area contributed by atoms with Gasteiger partial charge in [-0.15, -0.1) is 0 Å². The molecule has 64 valence electrons. The highest BCUT2D eigenvalue weighted by Crippen LogP contribution is 2.39. The van der Waals surface area contributed by atoms with Crippen molar-refractivity contribution in [3.05, 3.63) is 16.1 Å². The van der Waals surface area contributed by atoms with Crippen LogP contribution in [0.4, 0.5) is 0 Å². The quantitative estimate of drug-likeness (QED) is 0.694. The van der Waals surface area contributed by atoms with E-state index in [-0.39, 0.29) is 5.15 Å². The maximum Gasteiger partial charge on any atom is 0.205 e. The molecule has 0 bridgehead atoms. The van der Waals surface area contributed by atoms with E-state index in [2.05, 4.69) is 4.98 Å². The molecule has 5 heteroatoms. The Labute approximate surface area is 79.3 Å². The van der Waals surface area contributed by atoms with Gasteiger partial charge in [0.1, 0.15) is 5.69 Å². The smallest absolute Gasteiger partial charge is 0.205 e. The highest BCUT2D eigenvalue weighted by Gasteiger charge is 2.29. The molecule has 1 aliphatic rings. The van der Waals surface area contributed by atoms with Crippen LogP contribution >= 0.6 is 23.2 Å². The van der Waals surface area contributed by atoms with E-state index in [1.165, 1.54) is 0 Å². The van der Waals surface area contributed by atoms with Crippen molar-refractivity contribution in [1.82, 2.24) is 9.55 Å². The Morgan fingerprint density at radius 3 is 2.67 bits per heavy atom. The fraction of sp³-hybridized carbons (Fsp3) is 0.429. The number of rotatable bonds is 2. The molecule has 0 amide bonds. The average molecular weight is 205 g/mol. The fourth-order valence-corrected chi connectivity index (χ4v) is 1.75. The molecular formula is C7H6Cl2N2O. The van der Waals surface area contributed by atoms with Crippen LogP contribution in [0, 0.1) is 0 Å². The number of nitrogens with zero attached hydrogens (tertiary/aromatic N) is 2. The molecule has 1 aromatic heterocycles. The lowest BCUT2D eigenvalue weighted by molar-refractivity contribution is 0.111. The standard InChI is InChI=1S/C7H6Cl2N2O/c8-6-5(3-12)11(4-1-2-4)7(9)10-6/h3-4H,1-2H2. The minimum atomic E-state index is 0.196. The number of imidazole rings is 1. The summed E-state index contributed by atoms with van der Waals surface area (Å²) in [5.74, 6) is 0. The number of carbonyl (C=O) groups is 1. The van der Waals surface area contributed by atoms with Gasteiger partial charge in [0.2, 0.25) is 5.28 Å². The topological polar surface area (TPSA) is 34.9 Å². The van der Waals surface area contributed by atoms with Gasteiger partial charge in [-0.1, -0.05) is 11.6 Å². The normalized spacial score (nSPS) is 16.5. The highest BCUT2D eigenvalue weighted by molar-refractivity contribution is 6.34. The van der Waals surface area contributed by atoms with Gasteiger partial charge in [0, 0.05) is 6.04 Å². The van der Waals surface area contributed by atoms with Gasteiger partial charge in [0.05, 0.1) is 0 Å². The summed E-state index contributed by atoms with van der Waals surface area (Å²) in [4.78, 5) is 14.4. The first-order chi connectivity index (χ1) is 5.74. The minimum Gasteiger partial charge on any atom is -0.308 e. The van der Waals surface area contributed by atoms with Crippen molar-refractivity contribution in [1.29, 1.82) is 0 Å². The molecule has 1 saturated carbocycles. The summed E-state index contributed by atoms with van der Waals surface area (Å²) in [6.07, 6.45) is 2.79. The maximum atomic E-state index is 10.6. The molecule has 12 heavy (non-hydrogen) atoms. The summed E-state index contributed by atoms with van der Waals surface area (Å²) < 4.78 is 1.69. The fourth-order valence-electron chi connectivity index (χ4n) is 1.18. The molecule has 0 unspecified atom stereocenters. The summed E-state index contributed by atoms with van der Waals surface area (Å²) in [6, 6.07) is 0.331. The van der Waals surface area contributed by atoms with Crippen LogP contribution in [0.2, 0.25) is 10.4 Å². The Morgan fingerprint density at radius 1 is 1.50 bits per heavy atom. The predicted molar refractivity (Wildman–Crippen MR) is 45.9 cm³/mol. The third kappa shape index (κ3) is 1.13. The van der Waals surface area contributed by atoms with E-state index in [4.69, 9.17) is 23.2 Å². The van der Waals surface area contributed by atoms with Crippen LogP contribution in [0.3, 0.4) is 0 Å². The Bertz CT molecular complexity index is 330. The van der Waals surface area contributed by atoms with E-state index >= 15 is 0 Å². The van der Waals surface area contributed by atoms with E-state index in [0.29, 0.717) is 23.3 Å². The predicted octanol–water partition coefficient (Wildman–Crippen LogP) is 2.34. The highest BCUT2D eigenvalue weighted by atomic mass is 35.5. The van der Waals surface area contributed by atoms with E-state index in [1.807, 2.05) is 0 Å². The van der Waals surface area contributed by atoms with Gasteiger partial charge in [-0.05, 0) is 24.4 Å². The van der Waals surface area contributed by atoms with Crippen LogP contribution in [0.1, 0.15) is 29.4 Å². The molecule has 2 rings (SSSR count). The molecule has 0 radical (unpaired) electrons. The number of aldehydes is 1. The van der Waals surface area contributed by atoms with Gasteiger partial charge in [-0.25, -0.2) is 4.98 Å². The van der Waals surface area contributed by atoms with Crippen molar-refractivity contribution < 1.29 is 4.79 Å². The van der Waals surface area contributed by atoms with Crippen LogP contribution in [-0.2, 0) is 0 Å². The first-order valence-corrected chi connectivity index (χ1v) is 4.38. The molecule has 0 N–H and O–H groups in total.